The maximum Gasteiger partial charge on any atom is 0.224 e. The predicted molar refractivity (Wildman–Crippen MR) is 94.7 cm³/mol. The zero-order valence-electron chi connectivity index (χ0n) is 15.0. The molecule has 0 aliphatic rings. The van der Waals surface area contributed by atoms with Gasteiger partial charge < -0.3 is 24.3 Å². The van der Waals surface area contributed by atoms with Gasteiger partial charge in [-0.05, 0) is 42.0 Å². The second kappa shape index (κ2) is 9.50. The molecule has 0 saturated heterocycles. The summed E-state index contributed by atoms with van der Waals surface area (Å²) in [5.41, 5.74) is 0.733. The highest BCUT2D eigenvalue weighted by Gasteiger charge is 2.14. The smallest absolute Gasteiger partial charge is 0.224 e. The van der Waals surface area contributed by atoms with Gasteiger partial charge >= 0.3 is 0 Å². The summed E-state index contributed by atoms with van der Waals surface area (Å²) in [6, 6.07) is 9.17. The predicted octanol–water partition coefficient (Wildman–Crippen LogP) is 2.59. The Hall–Kier alpha value is -2.96. The second-order valence-corrected chi connectivity index (χ2v) is 5.36. The number of halogens is 1. The number of carbonyl (C=O) groups excluding carboxylic acids is 1. The number of carbonyl (C=O) groups is 1. The molecule has 0 unspecified atom stereocenters. The number of amides is 1. The molecule has 0 spiro atoms. The Labute approximate surface area is 151 Å². The summed E-state index contributed by atoms with van der Waals surface area (Å²) in [4.78, 5) is 12.1. The van der Waals surface area contributed by atoms with Crippen LogP contribution in [0.3, 0.4) is 0 Å². The van der Waals surface area contributed by atoms with E-state index in [0.29, 0.717) is 29.5 Å². The van der Waals surface area contributed by atoms with Gasteiger partial charge in [0.2, 0.25) is 11.7 Å². The van der Waals surface area contributed by atoms with Gasteiger partial charge in [0.1, 0.15) is 18.2 Å². The largest absolute Gasteiger partial charge is 0.493 e. The first-order valence-corrected chi connectivity index (χ1v) is 8.01. The zero-order valence-corrected chi connectivity index (χ0v) is 15.0. The Bertz CT molecular complexity index is 708. The number of benzene rings is 2. The first kappa shape index (κ1) is 19.4. The van der Waals surface area contributed by atoms with Crippen LogP contribution in [0, 0.1) is 5.82 Å². The Balaban J connectivity index is 1.86. The Morgan fingerprint density at radius 1 is 1.00 bits per heavy atom. The van der Waals surface area contributed by atoms with E-state index in [1.165, 1.54) is 45.6 Å². The van der Waals surface area contributed by atoms with Gasteiger partial charge in [-0.3, -0.25) is 4.79 Å². The van der Waals surface area contributed by atoms with Crippen LogP contribution in [0.15, 0.2) is 36.4 Å². The molecule has 0 bridgehead atoms. The third-order valence-electron chi connectivity index (χ3n) is 3.60. The van der Waals surface area contributed by atoms with E-state index in [2.05, 4.69) is 5.32 Å². The lowest BCUT2D eigenvalue weighted by atomic mass is 10.1. The summed E-state index contributed by atoms with van der Waals surface area (Å²) in [5.74, 6) is 1.53. The van der Waals surface area contributed by atoms with Crippen molar-refractivity contribution in [3.8, 4) is 23.0 Å². The quantitative estimate of drug-likeness (QED) is 0.694. The molecule has 26 heavy (non-hydrogen) atoms. The van der Waals surface area contributed by atoms with Gasteiger partial charge in [-0.25, -0.2) is 4.39 Å². The molecule has 0 aliphatic carbocycles. The van der Waals surface area contributed by atoms with E-state index in [1.54, 1.807) is 12.1 Å². The third kappa shape index (κ3) is 5.27. The lowest BCUT2D eigenvalue weighted by Gasteiger charge is -2.14. The summed E-state index contributed by atoms with van der Waals surface area (Å²) < 4.78 is 34.0. The molecule has 0 fully saturated rings. The van der Waals surface area contributed by atoms with Crippen LogP contribution in [-0.2, 0) is 11.2 Å². The van der Waals surface area contributed by atoms with E-state index in [1.807, 2.05) is 0 Å². The van der Waals surface area contributed by atoms with E-state index in [0.717, 1.165) is 5.56 Å². The molecule has 1 N–H and O–H groups in total. The number of methoxy groups -OCH3 is 3. The van der Waals surface area contributed by atoms with Crippen molar-refractivity contribution in [3.05, 3.63) is 47.8 Å². The van der Waals surface area contributed by atoms with Crippen LogP contribution in [0.1, 0.15) is 5.56 Å². The first-order chi connectivity index (χ1) is 12.6. The molecule has 2 rings (SSSR count). The molecular formula is C19H22FNO5. The highest BCUT2D eigenvalue weighted by molar-refractivity contribution is 5.79. The first-order valence-electron chi connectivity index (χ1n) is 8.01. The molecule has 7 heteroatoms. The minimum atomic E-state index is -0.323. The van der Waals surface area contributed by atoms with Crippen molar-refractivity contribution in [2.45, 2.75) is 6.42 Å². The van der Waals surface area contributed by atoms with Crippen LogP contribution in [0.5, 0.6) is 23.0 Å². The van der Waals surface area contributed by atoms with Gasteiger partial charge in [0.15, 0.2) is 11.5 Å². The fourth-order valence-corrected chi connectivity index (χ4v) is 2.38. The fourth-order valence-electron chi connectivity index (χ4n) is 2.38. The molecule has 0 heterocycles. The highest BCUT2D eigenvalue weighted by atomic mass is 19.1. The topological polar surface area (TPSA) is 66.0 Å². The molecule has 6 nitrogen and oxygen atoms in total. The highest BCUT2D eigenvalue weighted by Crippen LogP contribution is 2.38. The van der Waals surface area contributed by atoms with Gasteiger partial charge in [-0.15, -0.1) is 0 Å². The molecule has 0 saturated carbocycles. The van der Waals surface area contributed by atoms with Crippen molar-refractivity contribution >= 4 is 5.91 Å². The molecule has 2 aromatic carbocycles. The average molecular weight is 363 g/mol. The fraction of sp³-hybridized carbons (Fsp3) is 0.316. The van der Waals surface area contributed by atoms with Crippen molar-refractivity contribution in [2.75, 3.05) is 34.5 Å². The molecule has 0 aromatic heterocycles. The maximum atomic E-state index is 12.8. The molecule has 140 valence electrons. The third-order valence-corrected chi connectivity index (χ3v) is 3.60. The molecule has 1 amide bonds. The standard InChI is InChI=1S/C19H22FNO5/c1-23-16-10-13(11-17(24-2)19(16)25-3)12-18(22)21-8-9-26-15-6-4-14(20)5-7-15/h4-7,10-11H,8-9,12H2,1-3H3,(H,21,22). The van der Waals surface area contributed by atoms with Crippen molar-refractivity contribution in [1.29, 1.82) is 0 Å². The van der Waals surface area contributed by atoms with Gasteiger partial charge in [-0.2, -0.15) is 0 Å². The number of rotatable bonds is 9. The van der Waals surface area contributed by atoms with Crippen LogP contribution in [0.25, 0.3) is 0 Å². The molecule has 0 atom stereocenters. The van der Waals surface area contributed by atoms with Gasteiger partial charge in [0.25, 0.3) is 0 Å². The van der Waals surface area contributed by atoms with Crippen molar-refractivity contribution in [2.24, 2.45) is 0 Å². The zero-order chi connectivity index (χ0) is 18.9. The normalized spacial score (nSPS) is 10.2. The van der Waals surface area contributed by atoms with E-state index < -0.39 is 0 Å². The lowest BCUT2D eigenvalue weighted by Crippen LogP contribution is -2.29. The number of hydrogen-bond donors (Lipinski definition) is 1. The SMILES string of the molecule is COc1cc(CC(=O)NCCOc2ccc(F)cc2)cc(OC)c1OC. The monoisotopic (exact) mass is 363 g/mol. The molecule has 2 aromatic rings. The van der Waals surface area contributed by atoms with Gasteiger partial charge in [-0.1, -0.05) is 0 Å². The van der Waals surface area contributed by atoms with Crippen LogP contribution in [0.4, 0.5) is 4.39 Å². The molecular weight excluding hydrogens is 341 g/mol. The molecule has 0 aliphatic heterocycles. The van der Waals surface area contributed by atoms with Gasteiger partial charge in [0, 0.05) is 0 Å². The lowest BCUT2D eigenvalue weighted by molar-refractivity contribution is -0.120. The Morgan fingerprint density at radius 2 is 1.62 bits per heavy atom. The average Bonchev–Trinajstić information content (AvgIpc) is 2.65. The Morgan fingerprint density at radius 3 is 2.15 bits per heavy atom. The van der Waals surface area contributed by atoms with E-state index in [4.69, 9.17) is 18.9 Å². The number of nitrogens with one attached hydrogen (secondary N) is 1. The van der Waals surface area contributed by atoms with E-state index >= 15 is 0 Å². The summed E-state index contributed by atoms with van der Waals surface area (Å²) in [5, 5.41) is 2.77. The summed E-state index contributed by atoms with van der Waals surface area (Å²) in [7, 11) is 4.57. The van der Waals surface area contributed by atoms with Crippen molar-refractivity contribution < 1.29 is 28.1 Å². The Kier molecular flexibility index (Phi) is 7.08. The summed E-state index contributed by atoms with van der Waals surface area (Å²) in [6.07, 6.45) is 0.160. The van der Waals surface area contributed by atoms with Crippen molar-refractivity contribution in [3.63, 3.8) is 0 Å². The van der Waals surface area contributed by atoms with E-state index in [-0.39, 0.29) is 24.8 Å². The van der Waals surface area contributed by atoms with Crippen LogP contribution < -0.4 is 24.3 Å². The summed E-state index contributed by atoms with van der Waals surface area (Å²) >= 11 is 0. The second-order valence-electron chi connectivity index (χ2n) is 5.36. The molecule has 0 radical (unpaired) electrons. The van der Waals surface area contributed by atoms with E-state index in [9.17, 15) is 9.18 Å². The number of ether oxygens (including phenoxy) is 4. The maximum absolute atomic E-state index is 12.8. The van der Waals surface area contributed by atoms with Crippen molar-refractivity contribution in [1.82, 2.24) is 5.32 Å². The van der Waals surface area contributed by atoms with Gasteiger partial charge in [0.05, 0.1) is 34.3 Å². The summed E-state index contributed by atoms with van der Waals surface area (Å²) in [6.45, 7) is 0.618. The minimum Gasteiger partial charge on any atom is -0.493 e. The minimum absolute atomic E-state index is 0.160. The van der Waals surface area contributed by atoms with Crippen LogP contribution in [-0.4, -0.2) is 40.4 Å². The van der Waals surface area contributed by atoms with Crippen LogP contribution in [0.2, 0.25) is 0 Å². The van der Waals surface area contributed by atoms with Crippen LogP contribution >= 0.6 is 0 Å². The number of hydrogen-bond acceptors (Lipinski definition) is 5.